The predicted molar refractivity (Wildman–Crippen MR) is 94.5 cm³/mol. The SMILES string of the molecule is c1ccc(-c2nnc(NN=C3CCCC3)c3ccccc23)cc1. The average molecular weight is 302 g/mol. The van der Waals surface area contributed by atoms with Crippen LogP contribution in [-0.4, -0.2) is 15.9 Å². The highest BCUT2D eigenvalue weighted by molar-refractivity contribution is 6.00. The van der Waals surface area contributed by atoms with Crippen LogP contribution < -0.4 is 5.43 Å². The molecule has 1 aliphatic rings. The lowest BCUT2D eigenvalue weighted by Gasteiger charge is -2.09. The standard InChI is InChI=1S/C19H18N4/c1-2-8-14(9-3-1)18-16-12-6-7-13-17(16)19(23-21-18)22-20-15-10-4-5-11-15/h1-3,6-9,12-13H,4-5,10-11H2,(H,22,23). The van der Waals surface area contributed by atoms with Crippen LogP contribution >= 0.6 is 0 Å². The summed E-state index contributed by atoms with van der Waals surface area (Å²) in [6.07, 6.45) is 4.64. The van der Waals surface area contributed by atoms with Gasteiger partial charge < -0.3 is 0 Å². The summed E-state index contributed by atoms with van der Waals surface area (Å²) in [5, 5.41) is 15.5. The van der Waals surface area contributed by atoms with Crippen molar-refractivity contribution in [2.75, 3.05) is 5.43 Å². The second-order valence-corrected chi connectivity index (χ2v) is 5.81. The first kappa shape index (κ1) is 13.9. The van der Waals surface area contributed by atoms with E-state index in [-0.39, 0.29) is 0 Å². The van der Waals surface area contributed by atoms with Crippen LogP contribution in [0.4, 0.5) is 5.82 Å². The molecule has 2 aromatic carbocycles. The van der Waals surface area contributed by atoms with Crippen LogP contribution in [0.1, 0.15) is 25.7 Å². The van der Waals surface area contributed by atoms with Crippen molar-refractivity contribution >= 4 is 22.3 Å². The number of rotatable bonds is 3. The van der Waals surface area contributed by atoms with Gasteiger partial charge in [0, 0.05) is 22.0 Å². The second kappa shape index (κ2) is 6.16. The quantitative estimate of drug-likeness (QED) is 0.717. The molecule has 114 valence electrons. The van der Waals surface area contributed by atoms with Gasteiger partial charge in [-0.2, -0.15) is 5.10 Å². The van der Waals surface area contributed by atoms with Crippen molar-refractivity contribution in [1.82, 2.24) is 10.2 Å². The van der Waals surface area contributed by atoms with Crippen LogP contribution in [0, 0.1) is 0 Å². The lowest BCUT2D eigenvalue weighted by atomic mass is 10.0. The summed E-state index contributed by atoms with van der Waals surface area (Å²) in [5.41, 5.74) is 6.32. The number of hydrazone groups is 1. The molecule has 1 N–H and O–H groups in total. The Bertz CT molecular complexity index is 848. The van der Waals surface area contributed by atoms with E-state index in [0.717, 1.165) is 40.7 Å². The molecule has 1 aromatic heterocycles. The third-order valence-corrected chi connectivity index (χ3v) is 4.24. The molecular weight excluding hydrogens is 284 g/mol. The monoisotopic (exact) mass is 302 g/mol. The summed E-state index contributed by atoms with van der Waals surface area (Å²) in [6.45, 7) is 0. The molecule has 23 heavy (non-hydrogen) atoms. The van der Waals surface area contributed by atoms with E-state index in [1.54, 1.807) is 0 Å². The first-order valence-electron chi connectivity index (χ1n) is 8.04. The third kappa shape index (κ3) is 2.80. The molecule has 1 aliphatic carbocycles. The molecule has 4 heteroatoms. The number of fused-ring (bicyclic) bond motifs is 1. The number of anilines is 1. The maximum absolute atomic E-state index is 4.51. The normalized spacial score (nSPS) is 14.2. The van der Waals surface area contributed by atoms with E-state index in [0.29, 0.717) is 0 Å². The van der Waals surface area contributed by atoms with Gasteiger partial charge in [0.15, 0.2) is 5.82 Å². The van der Waals surface area contributed by atoms with Gasteiger partial charge in [0.25, 0.3) is 0 Å². The molecule has 0 saturated heterocycles. The van der Waals surface area contributed by atoms with E-state index in [9.17, 15) is 0 Å². The average Bonchev–Trinajstić information content (AvgIpc) is 3.14. The van der Waals surface area contributed by atoms with Crippen LogP contribution in [0.2, 0.25) is 0 Å². The van der Waals surface area contributed by atoms with Crippen molar-refractivity contribution in [2.24, 2.45) is 5.10 Å². The summed E-state index contributed by atoms with van der Waals surface area (Å²) >= 11 is 0. The maximum Gasteiger partial charge on any atom is 0.176 e. The van der Waals surface area contributed by atoms with Crippen LogP contribution in [0.25, 0.3) is 22.0 Å². The topological polar surface area (TPSA) is 50.2 Å². The Kier molecular flexibility index (Phi) is 3.72. The Labute approximate surface area is 135 Å². The Morgan fingerprint density at radius 3 is 2.26 bits per heavy atom. The first-order valence-corrected chi connectivity index (χ1v) is 8.04. The Morgan fingerprint density at radius 2 is 1.48 bits per heavy atom. The molecule has 0 amide bonds. The summed E-state index contributed by atoms with van der Waals surface area (Å²) in [5.74, 6) is 0.722. The number of aromatic nitrogens is 2. The number of benzene rings is 2. The summed E-state index contributed by atoms with van der Waals surface area (Å²) in [4.78, 5) is 0. The van der Waals surface area contributed by atoms with Gasteiger partial charge >= 0.3 is 0 Å². The lowest BCUT2D eigenvalue weighted by molar-refractivity contribution is 0.886. The molecule has 1 fully saturated rings. The van der Waals surface area contributed by atoms with Gasteiger partial charge in [-0.15, -0.1) is 10.2 Å². The number of nitrogens with one attached hydrogen (secondary N) is 1. The zero-order chi connectivity index (χ0) is 15.5. The Hall–Kier alpha value is -2.75. The molecule has 0 unspecified atom stereocenters. The minimum absolute atomic E-state index is 0.722. The van der Waals surface area contributed by atoms with Crippen molar-refractivity contribution < 1.29 is 0 Å². The van der Waals surface area contributed by atoms with E-state index in [1.807, 2.05) is 30.3 Å². The highest BCUT2D eigenvalue weighted by Crippen LogP contribution is 2.29. The molecule has 0 atom stereocenters. The molecule has 0 spiro atoms. The fraction of sp³-hybridized carbons (Fsp3) is 0.211. The fourth-order valence-electron chi connectivity index (χ4n) is 3.02. The van der Waals surface area contributed by atoms with E-state index in [4.69, 9.17) is 0 Å². The number of hydrogen-bond donors (Lipinski definition) is 1. The smallest absolute Gasteiger partial charge is 0.176 e. The molecule has 1 saturated carbocycles. The number of nitrogens with zero attached hydrogens (tertiary/aromatic N) is 3. The summed E-state index contributed by atoms with van der Waals surface area (Å²) < 4.78 is 0. The van der Waals surface area contributed by atoms with E-state index >= 15 is 0 Å². The minimum Gasteiger partial charge on any atom is -0.259 e. The first-order chi connectivity index (χ1) is 11.4. The molecule has 1 heterocycles. The molecule has 0 aliphatic heterocycles. The molecule has 4 rings (SSSR count). The molecule has 0 radical (unpaired) electrons. The predicted octanol–water partition coefficient (Wildman–Crippen LogP) is 4.64. The number of hydrogen-bond acceptors (Lipinski definition) is 4. The highest BCUT2D eigenvalue weighted by Gasteiger charge is 2.11. The van der Waals surface area contributed by atoms with E-state index in [2.05, 4.69) is 45.0 Å². The van der Waals surface area contributed by atoms with Crippen LogP contribution in [0.15, 0.2) is 59.7 Å². The minimum atomic E-state index is 0.722. The van der Waals surface area contributed by atoms with Gasteiger partial charge in [-0.25, -0.2) is 0 Å². The summed E-state index contributed by atoms with van der Waals surface area (Å²) in [6, 6.07) is 18.4. The van der Waals surface area contributed by atoms with Crippen molar-refractivity contribution in [1.29, 1.82) is 0 Å². The summed E-state index contributed by atoms with van der Waals surface area (Å²) in [7, 11) is 0. The van der Waals surface area contributed by atoms with E-state index in [1.165, 1.54) is 18.6 Å². The van der Waals surface area contributed by atoms with Gasteiger partial charge in [0.2, 0.25) is 0 Å². The van der Waals surface area contributed by atoms with E-state index < -0.39 is 0 Å². The van der Waals surface area contributed by atoms with Crippen molar-refractivity contribution in [3.05, 3.63) is 54.6 Å². The van der Waals surface area contributed by atoms with Gasteiger partial charge in [-0.1, -0.05) is 54.6 Å². The third-order valence-electron chi connectivity index (χ3n) is 4.24. The highest BCUT2D eigenvalue weighted by atomic mass is 15.3. The zero-order valence-electron chi connectivity index (χ0n) is 12.9. The fourth-order valence-corrected chi connectivity index (χ4v) is 3.02. The van der Waals surface area contributed by atoms with Crippen molar-refractivity contribution in [2.45, 2.75) is 25.7 Å². The molecular formula is C19H18N4. The molecule has 0 bridgehead atoms. The Balaban J connectivity index is 1.78. The molecule has 4 nitrogen and oxygen atoms in total. The van der Waals surface area contributed by atoms with Gasteiger partial charge in [-0.05, 0) is 25.7 Å². The van der Waals surface area contributed by atoms with Gasteiger partial charge in [0.05, 0.1) is 0 Å². The largest absolute Gasteiger partial charge is 0.259 e. The van der Waals surface area contributed by atoms with Crippen LogP contribution in [-0.2, 0) is 0 Å². The van der Waals surface area contributed by atoms with Crippen LogP contribution in [0.3, 0.4) is 0 Å². The van der Waals surface area contributed by atoms with Gasteiger partial charge in [0.1, 0.15) is 5.69 Å². The van der Waals surface area contributed by atoms with Crippen molar-refractivity contribution in [3.63, 3.8) is 0 Å². The lowest BCUT2D eigenvalue weighted by Crippen LogP contribution is -2.01. The van der Waals surface area contributed by atoms with Gasteiger partial charge in [-0.3, -0.25) is 5.43 Å². The zero-order valence-corrected chi connectivity index (χ0v) is 12.9. The van der Waals surface area contributed by atoms with Crippen LogP contribution in [0.5, 0.6) is 0 Å². The molecule has 3 aromatic rings. The Morgan fingerprint density at radius 1 is 0.783 bits per heavy atom. The van der Waals surface area contributed by atoms with Crippen molar-refractivity contribution in [3.8, 4) is 11.3 Å². The maximum atomic E-state index is 4.51. The second-order valence-electron chi connectivity index (χ2n) is 5.81.